The van der Waals surface area contributed by atoms with Crippen LogP contribution in [0, 0.1) is 0 Å². The average Bonchev–Trinajstić information content (AvgIpc) is 3.32. The first-order chi connectivity index (χ1) is 12.7. The minimum atomic E-state index is -0.249. The molecule has 1 aliphatic heterocycles. The van der Waals surface area contributed by atoms with Crippen LogP contribution >= 0.6 is 0 Å². The molecule has 0 aliphatic carbocycles. The van der Waals surface area contributed by atoms with Gasteiger partial charge in [-0.25, -0.2) is 14.6 Å². The van der Waals surface area contributed by atoms with E-state index in [1.54, 1.807) is 23.2 Å². The van der Waals surface area contributed by atoms with Crippen molar-refractivity contribution >= 4 is 17.5 Å². The largest absolute Gasteiger partial charge is 0.347 e. The summed E-state index contributed by atoms with van der Waals surface area (Å²) in [5.74, 6) is 0.254. The van der Waals surface area contributed by atoms with E-state index in [-0.39, 0.29) is 24.3 Å². The third-order valence-electron chi connectivity index (χ3n) is 4.19. The van der Waals surface area contributed by atoms with Crippen molar-refractivity contribution in [2.45, 2.75) is 12.5 Å². The number of aromatic nitrogens is 4. The van der Waals surface area contributed by atoms with Crippen LogP contribution < -0.4 is 10.2 Å². The quantitative estimate of drug-likeness (QED) is 0.765. The maximum atomic E-state index is 12.6. The fourth-order valence-electron chi connectivity index (χ4n) is 2.94. The lowest BCUT2D eigenvalue weighted by Gasteiger charge is -2.17. The molecule has 1 N–H and O–H groups in total. The van der Waals surface area contributed by atoms with E-state index in [9.17, 15) is 9.59 Å². The number of nitrogens with zero attached hydrogens (tertiary/aromatic N) is 5. The van der Waals surface area contributed by atoms with Crippen LogP contribution in [0.2, 0.25) is 0 Å². The molecule has 2 amide bonds. The number of hydrogen-bond donors (Lipinski definition) is 1. The van der Waals surface area contributed by atoms with Crippen LogP contribution in [0.1, 0.15) is 16.8 Å². The summed E-state index contributed by atoms with van der Waals surface area (Å²) in [6, 6.07) is 12.5. The monoisotopic (exact) mass is 348 g/mol. The smallest absolute Gasteiger partial charge is 0.251 e. The van der Waals surface area contributed by atoms with E-state index in [1.165, 1.54) is 17.3 Å². The Bertz CT molecular complexity index is 926. The zero-order chi connectivity index (χ0) is 17.9. The number of amides is 2. The molecular formula is C18H16N6O2. The van der Waals surface area contributed by atoms with Gasteiger partial charge in [-0.3, -0.25) is 9.59 Å². The maximum Gasteiger partial charge on any atom is 0.251 e. The summed E-state index contributed by atoms with van der Waals surface area (Å²) in [5, 5.41) is 6.93. The van der Waals surface area contributed by atoms with E-state index in [1.807, 2.05) is 30.3 Å². The Morgan fingerprint density at radius 1 is 1.19 bits per heavy atom. The Balaban J connectivity index is 1.46. The Hall–Kier alpha value is -3.55. The van der Waals surface area contributed by atoms with Crippen molar-refractivity contribution in [2.75, 3.05) is 11.4 Å². The van der Waals surface area contributed by atoms with Crippen LogP contribution in [0.3, 0.4) is 0 Å². The van der Waals surface area contributed by atoms with Crippen molar-refractivity contribution in [3.63, 3.8) is 0 Å². The van der Waals surface area contributed by atoms with Crippen LogP contribution in [0.15, 0.2) is 61.3 Å². The van der Waals surface area contributed by atoms with Crippen molar-refractivity contribution in [3.05, 3.63) is 66.9 Å². The van der Waals surface area contributed by atoms with E-state index in [2.05, 4.69) is 20.4 Å². The second-order valence-corrected chi connectivity index (χ2v) is 5.96. The van der Waals surface area contributed by atoms with E-state index in [0.717, 1.165) is 5.69 Å². The first-order valence-electron chi connectivity index (χ1n) is 8.18. The molecule has 3 aromatic rings. The highest BCUT2D eigenvalue weighted by Gasteiger charge is 2.31. The van der Waals surface area contributed by atoms with Crippen molar-refractivity contribution in [1.29, 1.82) is 0 Å². The first kappa shape index (κ1) is 15.9. The van der Waals surface area contributed by atoms with E-state index in [4.69, 9.17) is 0 Å². The zero-order valence-corrected chi connectivity index (χ0v) is 13.8. The molecule has 0 saturated carbocycles. The summed E-state index contributed by atoms with van der Waals surface area (Å²) in [6.45, 7) is 0.454. The second-order valence-electron chi connectivity index (χ2n) is 5.96. The molecular weight excluding hydrogens is 332 g/mol. The second kappa shape index (κ2) is 6.75. The van der Waals surface area contributed by atoms with Crippen LogP contribution in [0.4, 0.5) is 5.69 Å². The fraction of sp³-hybridized carbons (Fsp3) is 0.167. The van der Waals surface area contributed by atoms with Gasteiger partial charge in [0, 0.05) is 30.4 Å². The summed E-state index contributed by atoms with van der Waals surface area (Å²) >= 11 is 0. The molecule has 0 unspecified atom stereocenters. The first-order valence-corrected chi connectivity index (χ1v) is 8.18. The van der Waals surface area contributed by atoms with Gasteiger partial charge < -0.3 is 10.2 Å². The summed E-state index contributed by atoms with van der Waals surface area (Å²) in [5.41, 5.74) is 1.29. The SMILES string of the molecule is O=C(N[C@H]1CC(=O)N(c2ccccc2)C1)c1ccnc(-n2cncn2)c1. The van der Waals surface area contributed by atoms with Crippen molar-refractivity contribution < 1.29 is 9.59 Å². The van der Waals surface area contributed by atoms with Crippen molar-refractivity contribution in [3.8, 4) is 5.82 Å². The number of benzene rings is 1. The Morgan fingerprint density at radius 2 is 2.04 bits per heavy atom. The number of carbonyl (C=O) groups is 2. The molecule has 1 aromatic carbocycles. The molecule has 26 heavy (non-hydrogen) atoms. The van der Waals surface area contributed by atoms with Gasteiger partial charge in [0.15, 0.2) is 5.82 Å². The number of rotatable bonds is 4. The third-order valence-corrected chi connectivity index (χ3v) is 4.19. The number of para-hydroxylation sites is 1. The molecule has 1 saturated heterocycles. The van der Waals surface area contributed by atoms with Gasteiger partial charge >= 0.3 is 0 Å². The number of nitrogens with one attached hydrogen (secondary N) is 1. The number of pyridine rings is 1. The normalized spacial score (nSPS) is 16.7. The maximum absolute atomic E-state index is 12.6. The minimum Gasteiger partial charge on any atom is -0.347 e. The predicted molar refractivity (Wildman–Crippen MR) is 93.8 cm³/mol. The van der Waals surface area contributed by atoms with Gasteiger partial charge in [0.2, 0.25) is 5.91 Å². The molecule has 1 atom stereocenters. The fourth-order valence-corrected chi connectivity index (χ4v) is 2.94. The summed E-state index contributed by atoms with van der Waals surface area (Å²) in [6.07, 6.45) is 4.73. The van der Waals surface area contributed by atoms with Crippen molar-refractivity contribution in [1.82, 2.24) is 25.1 Å². The molecule has 1 fully saturated rings. The van der Waals surface area contributed by atoms with Gasteiger partial charge in [-0.15, -0.1) is 0 Å². The van der Waals surface area contributed by atoms with Gasteiger partial charge in [-0.05, 0) is 24.3 Å². The highest BCUT2D eigenvalue weighted by Crippen LogP contribution is 2.21. The van der Waals surface area contributed by atoms with Gasteiger partial charge in [0.05, 0.1) is 6.04 Å². The molecule has 0 bridgehead atoms. The molecule has 3 heterocycles. The Morgan fingerprint density at radius 3 is 2.81 bits per heavy atom. The third kappa shape index (κ3) is 3.16. The lowest BCUT2D eigenvalue weighted by atomic mass is 10.2. The molecule has 0 spiro atoms. The average molecular weight is 348 g/mol. The molecule has 8 nitrogen and oxygen atoms in total. The number of hydrogen-bond acceptors (Lipinski definition) is 5. The van der Waals surface area contributed by atoms with Gasteiger partial charge in [0.25, 0.3) is 5.91 Å². The lowest BCUT2D eigenvalue weighted by Crippen LogP contribution is -2.37. The van der Waals surface area contributed by atoms with Crippen LogP contribution in [0.5, 0.6) is 0 Å². The van der Waals surface area contributed by atoms with Gasteiger partial charge in [-0.2, -0.15) is 5.10 Å². The van der Waals surface area contributed by atoms with Gasteiger partial charge in [0.1, 0.15) is 12.7 Å². The van der Waals surface area contributed by atoms with Gasteiger partial charge in [-0.1, -0.05) is 18.2 Å². The lowest BCUT2D eigenvalue weighted by molar-refractivity contribution is -0.117. The molecule has 130 valence electrons. The molecule has 4 rings (SSSR count). The number of anilines is 1. The van der Waals surface area contributed by atoms with E-state index in [0.29, 0.717) is 17.9 Å². The molecule has 1 aliphatic rings. The number of carbonyl (C=O) groups excluding carboxylic acids is 2. The Kier molecular flexibility index (Phi) is 4.14. The molecule has 0 radical (unpaired) electrons. The highest BCUT2D eigenvalue weighted by molar-refractivity contribution is 5.99. The van der Waals surface area contributed by atoms with Crippen LogP contribution in [-0.4, -0.2) is 44.1 Å². The Labute approximate surface area is 149 Å². The standard InChI is InChI=1S/C18H16N6O2/c25-17-9-14(10-23(17)15-4-2-1-3-5-15)22-18(26)13-6-7-20-16(8-13)24-12-19-11-21-24/h1-8,11-12,14H,9-10H2,(H,22,26)/t14-/m0/s1. The summed E-state index contributed by atoms with van der Waals surface area (Å²) in [4.78, 5) is 34.6. The topological polar surface area (TPSA) is 93.0 Å². The van der Waals surface area contributed by atoms with Crippen molar-refractivity contribution in [2.24, 2.45) is 0 Å². The molecule has 8 heteroatoms. The summed E-state index contributed by atoms with van der Waals surface area (Å²) in [7, 11) is 0. The zero-order valence-electron chi connectivity index (χ0n) is 13.8. The summed E-state index contributed by atoms with van der Waals surface area (Å²) < 4.78 is 1.48. The van der Waals surface area contributed by atoms with Crippen LogP contribution in [-0.2, 0) is 4.79 Å². The van der Waals surface area contributed by atoms with Crippen LogP contribution in [0.25, 0.3) is 5.82 Å². The minimum absolute atomic E-state index is 0.000433. The van der Waals surface area contributed by atoms with E-state index >= 15 is 0 Å². The van der Waals surface area contributed by atoms with E-state index < -0.39 is 0 Å². The predicted octanol–water partition coefficient (Wildman–Crippen LogP) is 1.20. The highest BCUT2D eigenvalue weighted by atomic mass is 16.2. The molecule has 2 aromatic heterocycles.